The van der Waals surface area contributed by atoms with Crippen molar-refractivity contribution in [3.8, 4) is 17.0 Å². The number of ether oxygens (including phenoxy) is 3. The lowest BCUT2D eigenvalue weighted by Gasteiger charge is -2.27. The van der Waals surface area contributed by atoms with E-state index in [-0.39, 0.29) is 18.0 Å². The summed E-state index contributed by atoms with van der Waals surface area (Å²) in [4.78, 5) is 33.8. The summed E-state index contributed by atoms with van der Waals surface area (Å²) >= 11 is 0. The molecule has 0 saturated heterocycles. The van der Waals surface area contributed by atoms with Crippen molar-refractivity contribution in [3.05, 3.63) is 42.1 Å². The molecule has 38 heavy (non-hydrogen) atoms. The van der Waals surface area contributed by atoms with Gasteiger partial charge in [0.05, 0.1) is 36.8 Å². The Bertz CT molecular complexity index is 1280. The third-order valence-electron chi connectivity index (χ3n) is 7.38. The van der Waals surface area contributed by atoms with E-state index in [1.807, 2.05) is 38.2 Å². The van der Waals surface area contributed by atoms with Gasteiger partial charge in [-0.05, 0) is 64.0 Å². The van der Waals surface area contributed by atoms with E-state index in [2.05, 4.69) is 21.6 Å². The van der Waals surface area contributed by atoms with Gasteiger partial charge in [0, 0.05) is 30.3 Å². The van der Waals surface area contributed by atoms with Gasteiger partial charge >= 0.3 is 12.1 Å². The molecule has 1 N–H and O–H groups in total. The second kappa shape index (κ2) is 12.3. The number of fused-ring (bicyclic) bond motifs is 1. The third-order valence-corrected chi connectivity index (χ3v) is 7.38. The molecule has 3 aromatic rings. The van der Waals surface area contributed by atoms with Crippen molar-refractivity contribution in [3.63, 3.8) is 0 Å². The second-order valence-corrected chi connectivity index (χ2v) is 10.1. The van der Waals surface area contributed by atoms with E-state index in [1.54, 1.807) is 13.3 Å². The number of amides is 1. The number of rotatable bonds is 9. The van der Waals surface area contributed by atoms with Crippen molar-refractivity contribution in [2.75, 3.05) is 19.5 Å². The number of carbonyl (C=O) groups is 2. The Morgan fingerprint density at radius 1 is 1.18 bits per heavy atom. The average molecular weight is 523 g/mol. The van der Waals surface area contributed by atoms with Gasteiger partial charge in [-0.2, -0.15) is 0 Å². The zero-order valence-electron chi connectivity index (χ0n) is 23.0. The number of carbonyl (C=O) groups excluding carboxylic acids is 2. The Hall–Kier alpha value is -3.62. The van der Waals surface area contributed by atoms with E-state index < -0.39 is 6.09 Å². The summed E-state index contributed by atoms with van der Waals surface area (Å²) in [5.74, 6) is 2.03. The number of hydrogen-bond acceptors (Lipinski definition) is 7. The number of benzene rings is 1. The summed E-state index contributed by atoms with van der Waals surface area (Å²) in [5.41, 5.74) is 4.07. The molecule has 1 amide bonds. The first kappa shape index (κ1) is 27.4. The van der Waals surface area contributed by atoms with E-state index in [1.165, 1.54) is 7.11 Å². The van der Waals surface area contributed by atoms with Crippen LogP contribution in [0.2, 0.25) is 0 Å². The molecule has 4 rings (SSSR count). The molecule has 0 bridgehead atoms. The zero-order valence-corrected chi connectivity index (χ0v) is 23.0. The first-order valence-electron chi connectivity index (χ1n) is 13.4. The summed E-state index contributed by atoms with van der Waals surface area (Å²) in [6, 6.07) is 5.63. The molecule has 0 aliphatic heterocycles. The lowest BCUT2D eigenvalue weighted by Crippen LogP contribution is -2.20. The molecule has 1 aromatic carbocycles. The molecule has 2 heterocycles. The summed E-state index contributed by atoms with van der Waals surface area (Å²) in [6.07, 6.45) is 9.19. The second-order valence-electron chi connectivity index (χ2n) is 10.1. The molecule has 1 fully saturated rings. The van der Waals surface area contributed by atoms with Gasteiger partial charge in [0.25, 0.3) is 0 Å². The first-order valence-corrected chi connectivity index (χ1v) is 13.4. The van der Waals surface area contributed by atoms with Crippen LogP contribution in [-0.4, -0.2) is 46.8 Å². The summed E-state index contributed by atoms with van der Waals surface area (Å²) in [7, 11) is 3.02. The SMILES string of the molecule is CCCC(C)OC(=O)Nc1ccc(-c2nc([C@H]3CC[C@H](CC(=O)OC)CC3)n3ccnc(C)c23)cc1OC. The van der Waals surface area contributed by atoms with Gasteiger partial charge in [-0.15, -0.1) is 0 Å². The quantitative estimate of drug-likeness (QED) is 0.329. The van der Waals surface area contributed by atoms with Crippen molar-refractivity contribution >= 4 is 23.3 Å². The summed E-state index contributed by atoms with van der Waals surface area (Å²) in [5, 5.41) is 2.80. The van der Waals surface area contributed by atoms with Crippen LogP contribution in [0.3, 0.4) is 0 Å². The molecule has 9 heteroatoms. The molecule has 0 spiro atoms. The van der Waals surface area contributed by atoms with Gasteiger partial charge < -0.3 is 14.2 Å². The number of nitrogens with zero attached hydrogens (tertiary/aromatic N) is 3. The zero-order chi connectivity index (χ0) is 27.2. The van der Waals surface area contributed by atoms with E-state index in [0.29, 0.717) is 23.8 Å². The number of esters is 1. The van der Waals surface area contributed by atoms with Crippen LogP contribution in [0.4, 0.5) is 10.5 Å². The van der Waals surface area contributed by atoms with Gasteiger partial charge in [0.1, 0.15) is 17.7 Å². The molecule has 1 atom stereocenters. The molecule has 2 aromatic heterocycles. The van der Waals surface area contributed by atoms with Gasteiger partial charge in [-0.1, -0.05) is 19.4 Å². The average Bonchev–Trinajstić information content (AvgIpc) is 3.30. The predicted molar refractivity (Wildman–Crippen MR) is 146 cm³/mol. The minimum atomic E-state index is -0.505. The van der Waals surface area contributed by atoms with Crippen LogP contribution in [0.15, 0.2) is 30.6 Å². The number of aromatic nitrogens is 3. The minimum absolute atomic E-state index is 0.140. The van der Waals surface area contributed by atoms with Crippen molar-refractivity contribution in [2.45, 2.75) is 77.7 Å². The number of aryl methyl sites for hydroxylation is 1. The fourth-order valence-corrected chi connectivity index (χ4v) is 5.38. The van der Waals surface area contributed by atoms with Crippen LogP contribution >= 0.6 is 0 Å². The highest BCUT2D eigenvalue weighted by Crippen LogP contribution is 2.40. The molecule has 1 aliphatic carbocycles. The van der Waals surface area contributed by atoms with Gasteiger partial charge in [0.2, 0.25) is 0 Å². The van der Waals surface area contributed by atoms with E-state index in [0.717, 1.165) is 66.8 Å². The van der Waals surface area contributed by atoms with Crippen molar-refractivity contribution in [2.24, 2.45) is 5.92 Å². The van der Waals surface area contributed by atoms with Crippen LogP contribution in [0.5, 0.6) is 5.75 Å². The first-order chi connectivity index (χ1) is 18.3. The monoisotopic (exact) mass is 522 g/mol. The van der Waals surface area contributed by atoms with Gasteiger partial charge in [0.15, 0.2) is 0 Å². The van der Waals surface area contributed by atoms with Gasteiger partial charge in [-0.25, -0.2) is 9.78 Å². The van der Waals surface area contributed by atoms with Crippen LogP contribution < -0.4 is 10.1 Å². The fraction of sp³-hybridized carbons (Fsp3) is 0.517. The smallest absolute Gasteiger partial charge is 0.412 e. The maximum Gasteiger partial charge on any atom is 0.412 e. The fourth-order valence-electron chi connectivity index (χ4n) is 5.38. The lowest BCUT2D eigenvalue weighted by molar-refractivity contribution is -0.142. The van der Waals surface area contributed by atoms with E-state index >= 15 is 0 Å². The third kappa shape index (κ3) is 6.09. The number of imidazole rings is 1. The minimum Gasteiger partial charge on any atom is -0.495 e. The van der Waals surface area contributed by atoms with E-state index in [4.69, 9.17) is 19.2 Å². The highest BCUT2D eigenvalue weighted by Gasteiger charge is 2.29. The number of nitrogens with one attached hydrogen (secondary N) is 1. The maximum atomic E-state index is 12.4. The largest absolute Gasteiger partial charge is 0.495 e. The molecule has 1 aliphatic rings. The molecular weight excluding hydrogens is 484 g/mol. The Balaban J connectivity index is 1.60. The van der Waals surface area contributed by atoms with Crippen LogP contribution in [0, 0.1) is 12.8 Å². The molecule has 1 saturated carbocycles. The van der Waals surface area contributed by atoms with Crippen LogP contribution in [-0.2, 0) is 14.3 Å². The molecular formula is C29H38N4O5. The summed E-state index contributed by atoms with van der Waals surface area (Å²) < 4.78 is 18.1. The van der Waals surface area contributed by atoms with Crippen LogP contribution in [0.1, 0.15) is 76.2 Å². The Kier molecular flexibility index (Phi) is 8.86. The number of methoxy groups -OCH3 is 2. The molecule has 204 valence electrons. The molecule has 9 nitrogen and oxygen atoms in total. The normalized spacial score (nSPS) is 18.1. The predicted octanol–water partition coefficient (Wildman–Crippen LogP) is 6.29. The van der Waals surface area contributed by atoms with Crippen molar-refractivity contribution < 1.29 is 23.8 Å². The van der Waals surface area contributed by atoms with Gasteiger partial charge in [-0.3, -0.25) is 19.5 Å². The lowest BCUT2D eigenvalue weighted by atomic mass is 9.80. The number of hydrogen-bond donors (Lipinski definition) is 1. The summed E-state index contributed by atoms with van der Waals surface area (Å²) in [6.45, 7) is 5.92. The van der Waals surface area contributed by atoms with E-state index in [9.17, 15) is 9.59 Å². The van der Waals surface area contributed by atoms with Crippen molar-refractivity contribution in [1.29, 1.82) is 0 Å². The Morgan fingerprint density at radius 3 is 2.63 bits per heavy atom. The standard InChI is InChI=1S/C29H38N4O5/c1-6-7-18(2)38-29(35)31-23-13-12-22(17-24(23)36-4)26-27-19(3)30-14-15-33(27)28(32-26)21-10-8-20(9-11-21)16-25(34)37-5/h12-15,17-18,20-21H,6-11,16H2,1-5H3,(H,31,35)/t18?,20-,21-. The Morgan fingerprint density at radius 2 is 1.95 bits per heavy atom. The number of anilines is 1. The van der Waals surface area contributed by atoms with Crippen molar-refractivity contribution in [1.82, 2.24) is 14.4 Å². The highest BCUT2D eigenvalue weighted by atomic mass is 16.6. The maximum absolute atomic E-state index is 12.4. The Labute approximate surface area is 223 Å². The van der Waals surface area contributed by atoms with Crippen LogP contribution in [0.25, 0.3) is 16.8 Å². The molecule has 1 unspecified atom stereocenters. The topological polar surface area (TPSA) is 104 Å². The molecule has 0 radical (unpaired) electrons. The highest BCUT2D eigenvalue weighted by molar-refractivity contribution is 5.89.